The first-order valence-corrected chi connectivity index (χ1v) is 12.0. The summed E-state index contributed by atoms with van der Waals surface area (Å²) in [4.78, 5) is 30.9. The molecule has 0 atom stereocenters. The van der Waals surface area contributed by atoms with Crippen LogP contribution in [0.3, 0.4) is 0 Å². The number of piperidine rings is 1. The standard InChI is InChI=1S/C23H25F4IN4O4/c1-22(2,3)36-21(34)31-16-10-13(35-23(25,26)27)4-5-14(16)20(33)32-8-6-12(7-9-32)17-15(24)11-30-19(29)18(17)28/h4-5,10-12H,6-9H2,1-3H3,(H2,29,30)(H,31,34). The minimum atomic E-state index is -4.96. The van der Waals surface area contributed by atoms with Crippen molar-refractivity contribution in [2.24, 2.45) is 0 Å². The highest BCUT2D eigenvalue weighted by atomic mass is 127. The van der Waals surface area contributed by atoms with Gasteiger partial charge in [-0.3, -0.25) is 10.1 Å². The number of hydrogen-bond acceptors (Lipinski definition) is 6. The first-order chi connectivity index (χ1) is 16.6. The van der Waals surface area contributed by atoms with E-state index in [0.29, 0.717) is 22.0 Å². The van der Waals surface area contributed by atoms with Gasteiger partial charge in [0.25, 0.3) is 5.91 Å². The summed E-state index contributed by atoms with van der Waals surface area (Å²) in [6.07, 6.45) is -3.96. The number of anilines is 2. The van der Waals surface area contributed by atoms with Crippen molar-refractivity contribution in [2.45, 2.75) is 51.5 Å². The van der Waals surface area contributed by atoms with Crippen LogP contribution in [-0.2, 0) is 4.74 Å². The molecule has 1 aromatic heterocycles. The molecule has 1 fully saturated rings. The van der Waals surface area contributed by atoms with E-state index in [1.807, 2.05) is 22.6 Å². The van der Waals surface area contributed by atoms with Crippen LogP contribution < -0.4 is 15.8 Å². The number of nitrogens with zero attached hydrogens (tertiary/aromatic N) is 2. The van der Waals surface area contributed by atoms with Crippen LogP contribution in [0.4, 0.5) is 33.9 Å². The van der Waals surface area contributed by atoms with Crippen molar-refractivity contribution in [1.29, 1.82) is 0 Å². The number of hydrogen-bond donors (Lipinski definition) is 2. The zero-order valence-corrected chi connectivity index (χ0v) is 21.9. The molecule has 0 radical (unpaired) electrons. The van der Waals surface area contributed by atoms with Crippen molar-refractivity contribution in [2.75, 3.05) is 24.1 Å². The molecule has 2 amide bonds. The van der Waals surface area contributed by atoms with Gasteiger partial charge in [0.15, 0.2) is 0 Å². The SMILES string of the molecule is CC(C)(C)OC(=O)Nc1cc(OC(F)(F)F)ccc1C(=O)N1CCC(c2c(F)cnc(N)c2I)CC1. The lowest BCUT2D eigenvalue weighted by atomic mass is 9.89. The maximum absolute atomic E-state index is 14.4. The Labute approximate surface area is 218 Å². The molecule has 196 valence electrons. The fourth-order valence-corrected chi connectivity index (χ4v) is 4.67. The number of nitrogen functional groups attached to an aromatic ring is 1. The summed E-state index contributed by atoms with van der Waals surface area (Å²) in [5.41, 5.74) is 5.16. The van der Waals surface area contributed by atoms with Crippen molar-refractivity contribution in [1.82, 2.24) is 9.88 Å². The summed E-state index contributed by atoms with van der Waals surface area (Å²) in [5.74, 6) is -1.55. The van der Waals surface area contributed by atoms with Gasteiger partial charge in [0.05, 0.1) is 21.0 Å². The molecule has 3 rings (SSSR count). The van der Waals surface area contributed by atoms with Gasteiger partial charge in [0, 0.05) is 24.7 Å². The summed E-state index contributed by atoms with van der Waals surface area (Å²) in [7, 11) is 0. The normalized spacial score (nSPS) is 14.9. The zero-order chi connectivity index (χ0) is 26.8. The van der Waals surface area contributed by atoms with Gasteiger partial charge in [-0.05, 0) is 74.3 Å². The lowest BCUT2D eigenvalue weighted by Crippen LogP contribution is -2.38. The molecule has 0 aliphatic carbocycles. The fraction of sp³-hybridized carbons (Fsp3) is 0.435. The minimum Gasteiger partial charge on any atom is -0.444 e. The average Bonchev–Trinajstić information content (AvgIpc) is 2.74. The van der Waals surface area contributed by atoms with Gasteiger partial charge in [-0.1, -0.05) is 0 Å². The van der Waals surface area contributed by atoms with Gasteiger partial charge in [-0.25, -0.2) is 14.2 Å². The highest BCUT2D eigenvalue weighted by molar-refractivity contribution is 14.1. The summed E-state index contributed by atoms with van der Waals surface area (Å²) in [5, 5.41) is 2.34. The molecular weight excluding hydrogens is 599 g/mol. The van der Waals surface area contributed by atoms with Crippen LogP contribution >= 0.6 is 22.6 Å². The fourth-order valence-electron chi connectivity index (χ4n) is 3.84. The van der Waals surface area contributed by atoms with Crippen LogP contribution in [0.25, 0.3) is 0 Å². The number of likely N-dealkylation sites (tertiary alicyclic amines) is 1. The molecule has 1 aliphatic heterocycles. The Kier molecular flexibility index (Phi) is 8.20. The summed E-state index contributed by atoms with van der Waals surface area (Å²) < 4.78 is 62.2. The van der Waals surface area contributed by atoms with Crippen LogP contribution in [0.2, 0.25) is 0 Å². The van der Waals surface area contributed by atoms with E-state index in [-0.39, 0.29) is 36.1 Å². The summed E-state index contributed by atoms with van der Waals surface area (Å²) >= 11 is 1.95. The number of rotatable bonds is 4. The zero-order valence-electron chi connectivity index (χ0n) is 19.7. The van der Waals surface area contributed by atoms with Crippen LogP contribution in [0.15, 0.2) is 24.4 Å². The third-order valence-corrected chi connectivity index (χ3v) is 6.45. The number of halogens is 5. The summed E-state index contributed by atoms with van der Waals surface area (Å²) in [6, 6.07) is 3.05. The van der Waals surface area contributed by atoms with E-state index >= 15 is 0 Å². The van der Waals surface area contributed by atoms with Crippen LogP contribution in [0, 0.1) is 9.39 Å². The molecule has 8 nitrogen and oxygen atoms in total. The highest BCUT2D eigenvalue weighted by Crippen LogP contribution is 2.36. The molecule has 2 heterocycles. The topological polar surface area (TPSA) is 107 Å². The predicted molar refractivity (Wildman–Crippen MR) is 132 cm³/mol. The van der Waals surface area contributed by atoms with Crippen molar-refractivity contribution in [3.05, 3.63) is 44.9 Å². The smallest absolute Gasteiger partial charge is 0.444 e. The van der Waals surface area contributed by atoms with Gasteiger partial charge < -0.3 is 20.1 Å². The first kappa shape index (κ1) is 27.7. The Morgan fingerprint density at radius 2 is 1.83 bits per heavy atom. The number of amides is 2. The second-order valence-corrected chi connectivity index (χ2v) is 10.2. The number of nitrogens with two attached hydrogens (primary N) is 1. The number of carbonyl (C=O) groups excluding carboxylic acids is 2. The van der Waals surface area contributed by atoms with Crippen molar-refractivity contribution >= 4 is 46.1 Å². The number of aromatic nitrogens is 1. The second kappa shape index (κ2) is 10.6. The number of nitrogens with one attached hydrogen (secondary N) is 1. The van der Waals surface area contributed by atoms with E-state index in [2.05, 4.69) is 15.0 Å². The molecule has 1 saturated heterocycles. The second-order valence-electron chi connectivity index (χ2n) is 9.17. The van der Waals surface area contributed by atoms with E-state index in [0.717, 1.165) is 24.4 Å². The molecule has 2 aromatic rings. The highest BCUT2D eigenvalue weighted by Gasteiger charge is 2.33. The molecule has 3 N–H and O–H groups in total. The molecular formula is C23H25F4IN4O4. The summed E-state index contributed by atoms with van der Waals surface area (Å²) in [6.45, 7) is 5.37. The van der Waals surface area contributed by atoms with Crippen molar-refractivity contribution in [3.63, 3.8) is 0 Å². The maximum atomic E-state index is 14.4. The number of ether oxygens (including phenoxy) is 2. The predicted octanol–water partition coefficient (Wildman–Crippen LogP) is 5.67. The Morgan fingerprint density at radius 3 is 2.42 bits per heavy atom. The number of pyridine rings is 1. The van der Waals surface area contributed by atoms with Gasteiger partial charge in [-0.15, -0.1) is 13.2 Å². The van der Waals surface area contributed by atoms with Gasteiger partial charge >= 0.3 is 12.5 Å². The molecule has 0 bridgehead atoms. The Bertz CT molecular complexity index is 1150. The monoisotopic (exact) mass is 624 g/mol. The quantitative estimate of drug-likeness (QED) is 0.336. The molecule has 36 heavy (non-hydrogen) atoms. The van der Waals surface area contributed by atoms with Crippen LogP contribution in [0.5, 0.6) is 5.75 Å². The first-order valence-electron chi connectivity index (χ1n) is 10.9. The molecule has 13 heteroatoms. The number of alkyl halides is 3. The van der Waals surface area contributed by atoms with E-state index in [4.69, 9.17) is 10.5 Å². The van der Waals surface area contributed by atoms with Crippen LogP contribution in [-0.4, -0.2) is 46.9 Å². The molecule has 1 aliphatic rings. The maximum Gasteiger partial charge on any atom is 0.573 e. The average molecular weight is 624 g/mol. The van der Waals surface area contributed by atoms with Crippen molar-refractivity contribution < 1.29 is 36.6 Å². The van der Waals surface area contributed by atoms with Crippen LogP contribution in [0.1, 0.15) is 55.5 Å². The van der Waals surface area contributed by atoms with E-state index in [1.54, 1.807) is 20.8 Å². The lowest BCUT2D eigenvalue weighted by molar-refractivity contribution is -0.274. The molecule has 0 spiro atoms. The van der Waals surface area contributed by atoms with Gasteiger partial charge in [0.2, 0.25) is 0 Å². The van der Waals surface area contributed by atoms with Gasteiger partial charge in [-0.2, -0.15) is 0 Å². The molecule has 1 aromatic carbocycles. The van der Waals surface area contributed by atoms with E-state index < -0.39 is 35.5 Å². The van der Waals surface area contributed by atoms with E-state index in [1.165, 1.54) is 4.90 Å². The van der Waals surface area contributed by atoms with Gasteiger partial charge in [0.1, 0.15) is 23.0 Å². The number of carbonyl (C=O) groups is 2. The third kappa shape index (κ3) is 7.11. The molecule has 0 saturated carbocycles. The third-order valence-electron chi connectivity index (χ3n) is 5.32. The Hall–Kier alpha value is -2.84. The van der Waals surface area contributed by atoms with Crippen molar-refractivity contribution in [3.8, 4) is 5.75 Å². The largest absolute Gasteiger partial charge is 0.573 e. The lowest BCUT2D eigenvalue weighted by Gasteiger charge is -2.33. The number of benzene rings is 1. The minimum absolute atomic E-state index is 0.0391. The Morgan fingerprint density at radius 1 is 1.19 bits per heavy atom. The molecule has 0 unspecified atom stereocenters. The Balaban J connectivity index is 1.81. The van der Waals surface area contributed by atoms with E-state index in [9.17, 15) is 27.2 Å².